The van der Waals surface area contributed by atoms with Crippen LogP contribution in [0, 0.1) is 0 Å². The molecule has 11 nitrogen and oxygen atoms in total. The number of hydrogen-bond acceptors (Lipinski definition) is 9. The SMILES string of the molecule is CNc1nc2nc3c1ncn3C(=O)N[C@H]1C[C@H](F)C[C@@H]1OCc1cc(cc(N3CCC(OC)CC3)c1)N2. The monoisotopic (exact) mass is 510 g/mol. The van der Waals surface area contributed by atoms with Crippen LogP contribution in [0.15, 0.2) is 24.5 Å². The second-order valence-corrected chi connectivity index (χ2v) is 9.84. The minimum atomic E-state index is -1.04. The first kappa shape index (κ1) is 23.9. The molecule has 37 heavy (non-hydrogen) atoms. The summed E-state index contributed by atoms with van der Waals surface area (Å²) in [6.45, 7) is 2.06. The maximum atomic E-state index is 14.4. The highest BCUT2D eigenvalue weighted by Crippen LogP contribution is 2.31. The van der Waals surface area contributed by atoms with E-state index in [1.54, 1.807) is 14.2 Å². The molecule has 1 saturated heterocycles. The van der Waals surface area contributed by atoms with Gasteiger partial charge in [0.05, 0.1) is 24.9 Å². The Morgan fingerprint density at radius 3 is 2.81 bits per heavy atom. The third-order valence-electron chi connectivity index (χ3n) is 7.45. The highest BCUT2D eigenvalue weighted by molar-refractivity contribution is 5.92. The Labute approximate surface area is 213 Å². The number of methoxy groups -OCH3 is 1. The van der Waals surface area contributed by atoms with Gasteiger partial charge in [-0.2, -0.15) is 9.97 Å². The highest BCUT2D eigenvalue weighted by atomic mass is 19.1. The molecule has 0 unspecified atom stereocenters. The van der Waals surface area contributed by atoms with Crippen molar-refractivity contribution in [1.29, 1.82) is 0 Å². The van der Waals surface area contributed by atoms with E-state index in [1.165, 1.54) is 10.9 Å². The maximum Gasteiger partial charge on any atom is 0.328 e. The molecular weight excluding hydrogens is 479 g/mol. The molecule has 4 bridgehead atoms. The molecule has 2 aromatic heterocycles. The Hall–Kier alpha value is -3.51. The molecule has 12 heteroatoms. The van der Waals surface area contributed by atoms with Gasteiger partial charge in [0.2, 0.25) is 5.95 Å². The summed E-state index contributed by atoms with van der Waals surface area (Å²) in [5, 5.41) is 9.29. The zero-order chi connectivity index (χ0) is 25.5. The molecular formula is C25H31FN8O3. The van der Waals surface area contributed by atoms with E-state index in [-0.39, 0.29) is 18.9 Å². The van der Waals surface area contributed by atoms with Crippen LogP contribution in [0.5, 0.6) is 0 Å². The van der Waals surface area contributed by atoms with E-state index >= 15 is 0 Å². The predicted octanol–water partition coefficient (Wildman–Crippen LogP) is 3.18. The van der Waals surface area contributed by atoms with Crippen molar-refractivity contribution in [2.75, 3.05) is 42.8 Å². The number of nitrogens with one attached hydrogen (secondary N) is 3. The van der Waals surface area contributed by atoms with E-state index in [0.29, 0.717) is 29.5 Å². The number of aromatic nitrogens is 4. The van der Waals surface area contributed by atoms with E-state index in [9.17, 15) is 9.18 Å². The predicted molar refractivity (Wildman–Crippen MR) is 137 cm³/mol. The lowest BCUT2D eigenvalue weighted by Gasteiger charge is -2.33. The van der Waals surface area contributed by atoms with Gasteiger partial charge < -0.3 is 30.3 Å². The van der Waals surface area contributed by atoms with Gasteiger partial charge in [0.15, 0.2) is 17.0 Å². The number of anilines is 4. The fourth-order valence-corrected chi connectivity index (χ4v) is 5.48. The molecule has 2 fully saturated rings. The molecule has 3 aliphatic rings. The van der Waals surface area contributed by atoms with E-state index in [0.717, 1.165) is 42.9 Å². The van der Waals surface area contributed by atoms with Crippen molar-refractivity contribution in [3.05, 3.63) is 30.1 Å². The van der Waals surface area contributed by atoms with Crippen molar-refractivity contribution >= 4 is 40.3 Å². The van der Waals surface area contributed by atoms with Crippen LogP contribution in [0.3, 0.4) is 0 Å². The standard InChI is InChI=1S/C25H31FN8O3/c1-27-22-21-23-32-24(31-22)29-16-7-14(8-17(11-16)33-5-3-18(36-2)4-6-33)12-37-20-10-15(26)9-19(20)30-25(35)34(23)13-28-21/h7-8,11,13,15,18-20H,3-6,9-10,12H2,1-2H3,(H,30,35)(H2,27,29,31,32)/t15-,19-,20-/m0/s1. The maximum absolute atomic E-state index is 14.4. The molecule has 1 amide bonds. The number of amides is 1. The third-order valence-corrected chi connectivity index (χ3v) is 7.45. The first-order valence-electron chi connectivity index (χ1n) is 12.7. The topological polar surface area (TPSA) is 118 Å². The number of benzene rings is 1. The molecule has 2 aliphatic heterocycles. The average Bonchev–Trinajstić information content (AvgIpc) is 3.49. The van der Waals surface area contributed by atoms with Gasteiger partial charge in [-0.3, -0.25) is 0 Å². The summed E-state index contributed by atoms with van der Waals surface area (Å²) >= 11 is 0. The van der Waals surface area contributed by atoms with Crippen LogP contribution in [0.1, 0.15) is 31.2 Å². The zero-order valence-electron chi connectivity index (χ0n) is 20.9. The Morgan fingerprint density at radius 2 is 2.03 bits per heavy atom. The van der Waals surface area contributed by atoms with Gasteiger partial charge in [0, 0.05) is 51.5 Å². The van der Waals surface area contributed by atoms with E-state index in [1.807, 2.05) is 6.07 Å². The van der Waals surface area contributed by atoms with Crippen LogP contribution < -0.4 is 20.9 Å². The van der Waals surface area contributed by atoms with Crippen molar-refractivity contribution in [3.8, 4) is 0 Å². The molecule has 3 atom stereocenters. The van der Waals surface area contributed by atoms with E-state index in [4.69, 9.17) is 9.47 Å². The second kappa shape index (κ2) is 9.75. The summed E-state index contributed by atoms with van der Waals surface area (Å²) in [6.07, 6.45) is 2.55. The fraction of sp³-hybridized carbons (Fsp3) is 0.520. The number of rotatable bonds is 3. The number of piperidine rings is 1. The average molecular weight is 511 g/mol. The summed E-state index contributed by atoms with van der Waals surface area (Å²) in [6, 6.07) is 5.28. The Bertz CT molecular complexity index is 1310. The number of carbonyl (C=O) groups excluding carboxylic acids is 1. The summed E-state index contributed by atoms with van der Waals surface area (Å²) in [5.41, 5.74) is 3.61. The number of hydrogen-bond donors (Lipinski definition) is 3. The van der Waals surface area contributed by atoms with Crippen LogP contribution in [0.2, 0.25) is 0 Å². The number of nitrogens with zero attached hydrogens (tertiary/aromatic N) is 5. The molecule has 4 heterocycles. The first-order chi connectivity index (χ1) is 18.0. The van der Waals surface area contributed by atoms with Gasteiger partial charge in [0.1, 0.15) is 12.5 Å². The number of alkyl halides is 1. The normalized spacial score (nSPS) is 24.5. The lowest BCUT2D eigenvalue weighted by atomic mass is 10.1. The molecule has 6 rings (SSSR count). The van der Waals surface area contributed by atoms with Crippen molar-refractivity contribution in [3.63, 3.8) is 0 Å². The van der Waals surface area contributed by atoms with Crippen molar-refractivity contribution in [1.82, 2.24) is 24.8 Å². The van der Waals surface area contributed by atoms with E-state index < -0.39 is 24.3 Å². The molecule has 1 aliphatic carbocycles. The largest absolute Gasteiger partial charge is 0.381 e. The van der Waals surface area contributed by atoms with Crippen LogP contribution >= 0.6 is 0 Å². The summed E-state index contributed by atoms with van der Waals surface area (Å²) < 4.78 is 27.5. The number of carbonyl (C=O) groups is 1. The van der Waals surface area contributed by atoms with Gasteiger partial charge >= 0.3 is 6.03 Å². The van der Waals surface area contributed by atoms with Gasteiger partial charge in [-0.25, -0.2) is 18.7 Å². The first-order valence-corrected chi connectivity index (χ1v) is 12.7. The summed E-state index contributed by atoms with van der Waals surface area (Å²) in [7, 11) is 3.51. The lowest BCUT2D eigenvalue weighted by molar-refractivity contribution is 0.0273. The summed E-state index contributed by atoms with van der Waals surface area (Å²) in [4.78, 5) is 29.0. The molecule has 1 aromatic carbocycles. The molecule has 3 aromatic rings. The molecule has 0 spiro atoms. The zero-order valence-corrected chi connectivity index (χ0v) is 20.9. The second-order valence-electron chi connectivity index (χ2n) is 9.84. The Morgan fingerprint density at radius 1 is 1.19 bits per heavy atom. The summed E-state index contributed by atoms with van der Waals surface area (Å²) in [5.74, 6) is 0.822. The van der Waals surface area contributed by atoms with Gasteiger partial charge in [-0.15, -0.1) is 0 Å². The number of ether oxygens (including phenoxy) is 2. The third kappa shape index (κ3) is 4.66. The molecule has 0 radical (unpaired) electrons. The lowest BCUT2D eigenvalue weighted by Crippen LogP contribution is -2.43. The van der Waals surface area contributed by atoms with E-state index in [2.05, 4.69) is 47.9 Å². The fourth-order valence-electron chi connectivity index (χ4n) is 5.48. The van der Waals surface area contributed by atoms with Crippen LogP contribution in [0.25, 0.3) is 11.2 Å². The van der Waals surface area contributed by atoms with Crippen LogP contribution in [0.4, 0.5) is 32.3 Å². The molecule has 1 saturated carbocycles. The van der Waals surface area contributed by atoms with Crippen LogP contribution in [-0.4, -0.2) is 77.2 Å². The van der Waals surface area contributed by atoms with Crippen molar-refractivity contribution < 1.29 is 18.7 Å². The van der Waals surface area contributed by atoms with Gasteiger partial charge in [-0.1, -0.05) is 0 Å². The Kier molecular flexibility index (Phi) is 6.29. The van der Waals surface area contributed by atoms with Crippen LogP contribution in [-0.2, 0) is 16.1 Å². The molecule has 196 valence electrons. The van der Waals surface area contributed by atoms with Crippen molar-refractivity contribution in [2.45, 2.75) is 56.7 Å². The number of fused-ring (bicyclic) bond motifs is 4. The van der Waals surface area contributed by atoms with Crippen molar-refractivity contribution in [2.24, 2.45) is 0 Å². The molecule has 3 N–H and O–H groups in total. The minimum Gasteiger partial charge on any atom is -0.381 e. The number of halogens is 1. The minimum absolute atomic E-state index is 0.201. The highest BCUT2D eigenvalue weighted by Gasteiger charge is 2.37. The quantitative estimate of drug-likeness (QED) is 0.488. The van der Waals surface area contributed by atoms with Gasteiger partial charge in [-0.05, 0) is 36.6 Å². The Balaban J connectivity index is 1.42. The number of imidazole rings is 1. The smallest absolute Gasteiger partial charge is 0.328 e. The van der Waals surface area contributed by atoms with Gasteiger partial charge in [0.25, 0.3) is 0 Å².